The predicted molar refractivity (Wildman–Crippen MR) is 112 cm³/mol. The van der Waals surface area contributed by atoms with Crippen LogP contribution in [0.3, 0.4) is 0 Å². The lowest BCUT2D eigenvalue weighted by molar-refractivity contribution is -0.130. The quantitative estimate of drug-likeness (QED) is 0.733. The van der Waals surface area contributed by atoms with E-state index in [0.29, 0.717) is 11.4 Å². The first-order chi connectivity index (χ1) is 13.0. The summed E-state index contributed by atoms with van der Waals surface area (Å²) in [6.45, 7) is 7.39. The molecule has 1 saturated heterocycles. The molecule has 0 atom stereocenters. The van der Waals surface area contributed by atoms with Crippen LogP contribution in [0, 0.1) is 13.8 Å². The van der Waals surface area contributed by atoms with Crippen LogP contribution in [0.2, 0.25) is 5.02 Å². The maximum atomic E-state index is 12.9. The number of aryl methyl sites for hydroxylation is 2. The first-order valence-electron chi connectivity index (χ1n) is 9.37. The van der Waals surface area contributed by atoms with E-state index >= 15 is 0 Å². The number of aromatic nitrogens is 1. The van der Waals surface area contributed by atoms with Crippen LogP contribution in [0.4, 0.5) is 5.69 Å². The second kappa shape index (κ2) is 7.28. The van der Waals surface area contributed by atoms with Gasteiger partial charge >= 0.3 is 0 Å². The molecule has 0 bridgehead atoms. The molecule has 0 unspecified atom stereocenters. The average Bonchev–Trinajstić information content (AvgIpc) is 2.97. The Morgan fingerprint density at radius 1 is 1.07 bits per heavy atom. The number of nitrogens with one attached hydrogen (secondary N) is 1. The Labute approximate surface area is 164 Å². The van der Waals surface area contributed by atoms with Crippen molar-refractivity contribution in [3.8, 4) is 0 Å². The summed E-state index contributed by atoms with van der Waals surface area (Å²) in [6, 6.07) is 14.3. The van der Waals surface area contributed by atoms with Crippen LogP contribution in [-0.4, -0.2) is 42.0 Å². The Balaban J connectivity index is 1.44. The molecule has 2 aromatic carbocycles. The molecule has 3 aromatic rings. The van der Waals surface area contributed by atoms with E-state index in [9.17, 15) is 4.79 Å². The molecule has 1 N–H and O–H groups in total. The van der Waals surface area contributed by atoms with Crippen molar-refractivity contribution in [2.45, 2.75) is 20.3 Å². The monoisotopic (exact) mass is 381 g/mol. The van der Waals surface area contributed by atoms with Gasteiger partial charge in [0.05, 0.1) is 6.42 Å². The minimum Gasteiger partial charge on any atom is -0.368 e. The molecule has 4 rings (SSSR count). The molecule has 0 radical (unpaired) electrons. The number of hydrogen-bond donors (Lipinski definition) is 1. The fourth-order valence-electron chi connectivity index (χ4n) is 3.88. The normalized spacial score (nSPS) is 14.8. The Morgan fingerprint density at radius 3 is 2.59 bits per heavy atom. The lowest BCUT2D eigenvalue weighted by Gasteiger charge is -2.36. The zero-order valence-electron chi connectivity index (χ0n) is 15.8. The van der Waals surface area contributed by atoms with Gasteiger partial charge in [-0.15, -0.1) is 0 Å². The number of halogens is 1. The van der Waals surface area contributed by atoms with Gasteiger partial charge in [-0.25, -0.2) is 0 Å². The van der Waals surface area contributed by atoms with Crippen molar-refractivity contribution in [3.63, 3.8) is 0 Å². The second-order valence-corrected chi connectivity index (χ2v) is 7.74. The highest BCUT2D eigenvalue weighted by atomic mass is 35.5. The minimum absolute atomic E-state index is 0.183. The van der Waals surface area contributed by atoms with Gasteiger partial charge in [0, 0.05) is 53.5 Å². The molecule has 1 aliphatic heterocycles. The van der Waals surface area contributed by atoms with Gasteiger partial charge in [-0.05, 0) is 55.3 Å². The summed E-state index contributed by atoms with van der Waals surface area (Å²) in [5, 5.41) is 1.74. The average molecular weight is 382 g/mol. The van der Waals surface area contributed by atoms with Crippen molar-refractivity contribution in [2.75, 3.05) is 31.1 Å². The Bertz CT molecular complexity index is 986. The van der Waals surface area contributed by atoms with Gasteiger partial charge in [-0.3, -0.25) is 4.79 Å². The summed E-state index contributed by atoms with van der Waals surface area (Å²) in [5.41, 5.74) is 5.63. The number of nitrogens with zero attached hydrogens (tertiary/aromatic N) is 2. The number of H-pyrrole nitrogens is 1. The van der Waals surface area contributed by atoms with Crippen molar-refractivity contribution in [1.82, 2.24) is 9.88 Å². The maximum Gasteiger partial charge on any atom is 0.227 e. The van der Waals surface area contributed by atoms with E-state index in [-0.39, 0.29) is 5.91 Å². The molecule has 1 amide bonds. The van der Waals surface area contributed by atoms with Gasteiger partial charge in [0.25, 0.3) is 0 Å². The molecule has 1 aliphatic rings. The molecule has 0 saturated carbocycles. The number of benzene rings is 2. The van der Waals surface area contributed by atoms with Gasteiger partial charge in [0.2, 0.25) is 5.91 Å². The van der Waals surface area contributed by atoms with Crippen LogP contribution in [0.25, 0.3) is 10.9 Å². The third-order valence-electron chi connectivity index (χ3n) is 5.41. The van der Waals surface area contributed by atoms with Crippen LogP contribution in [0.5, 0.6) is 0 Å². The number of fused-ring (bicyclic) bond motifs is 1. The second-order valence-electron chi connectivity index (χ2n) is 7.30. The zero-order chi connectivity index (χ0) is 19.0. The predicted octanol–water partition coefficient (Wildman–Crippen LogP) is 4.33. The number of aromatic amines is 1. The summed E-state index contributed by atoms with van der Waals surface area (Å²) in [7, 11) is 0. The highest BCUT2D eigenvalue weighted by Crippen LogP contribution is 2.26. The molecular weight excluding hydrogens is 358 g/mol. The van der Waals surface area contributed by atoms with Crippen molar-refractivity contribution in [3.05, 3.63) is 64.3 Å². The summed E-state index contributed by atoms with van der Waals surface area (Å²) in [4.78, 5) is 20.6. The maximum absolute atomic E-state index is 12.9. The highest BCUT2D eigenvalue weighted by Gasteiger charge is 2.23. The smallest absolute Gasteiger partial charge is 0.227 e. The lowest BCUT2D eigenvalue weighted by atomic mass is 10.1. The van der Waals surface area contributed by atoms with Gasteiger partial charge in [-0.1, -0.05) is 23.7 Å². The van der Waals surface area contributed by atoms with Crippen molar-refractivity contribution in [1.29, 1.82) is 0 Å². The number of hydrogen-bond acceptors (Lipinski definition) is 2. The Hall–Kier alpha value is -2.46. The third kappa shape index (κ3) is 3.67. The van der Waals surface area contributed by atoms with E-state index in [0.717, 1.165) is 48.3 Å². The first-order valence-corrected chi connectivity index (χ1v) is 9.75. The van der Waals surface area contributed by atoms with Gasteiger partial charge in [0.1, 0.15) is 0 Å². The number of amides is 1. The van der Waals surface area contributed by atoms with Gasteiger partial charge in [-0.2, -0.15) is 0 Å². The zero-order valence-corrected chi connectivity index (χ0v) is 16.5. The van der Waals surface area contributed by atoms with E-state index in [1.165, 1.54) is 11.3 Å². The van der Waals surface area contributed by atoms with Crippen LogP contribution >= 0.6 is 11.6 Å². The van der Waals surface area contributed by atoms with E-state index in [1.54, 1.807) is 0 Å². The van der Waals surface area contributed by atoms with Gasteiger partial charge in [0.15, 0.2) is 0 Å². The van der Waals surface area contributed by atoms with Crippen LogP contribution in [-0.2, 0) is 11.2 Å². The summed E-state index contributed by atoms with van der Waals surface area (Å²) in [6.07, 6.45) is 0.413. The van der Waals surface area contributed by atoms with E-state index in [2.05, 4.69) is 41.1 Å². The van der Waals surface area contributed by atoms with Crippen LogP contribution < -0.4 is 4.90 Å². The fraction of sp³-hybridized carbons (Fsp3) is 0.318. The Morgan fingerprint density at radius 2 is 1.85 bits per heavy atom. The summed E-state index contributed by atoms with van der Waals surface area (Å²) >= 11 is 6.16. The van der Waals surface area contributed by atoms with Crippen LogP contribution in [0.15, 0.2) is 42.5 Å². The third-order valence-corrected chi connectivity index (χ3v) is 5.64. The molecule has 1 fully saturated rings. The molecule has 4 nitrogen and oxygen atoms in total. The molecule has 2 heterocycles. The topological polar surface area (TPSA) is 39.3 Å². The fourth-order valence-corrected chi connectivity index (χ4v) is 4.06. The minimum atomic E-state index is 0.183. The molecule has 27 heavy (non-hydrogen) atoms. The number of carbonyl (C=O) groups excluding carboxylic acids is 1. The molecule has 0 spiro atoms. The van der Waals surface area contributed by atoms with E-state index in [1.807, 2.05) is 30.0 Å². The summed E-state index contributed by atoms with van der Waals surface area (Å²) in [5.74, 6) is 0.183. The summed E-state index contributed by atoms with van der Waals surface area (Å²) < 4.78 is 0. The lowest BCUT2D eigenvalue weighted by Crippen LogP contribution is -2.49. The number of carbonyl (C=O) groups is 1. The first kappa shape index (κ1) is 17.9. The van der Waals surface area contributed by atoms with Crippen molar-refractivity contribution in [2.24, 2.45) is 0 Å². The van der Waals surface area contributed by atoms with Gasteiger partial charge < -0.3 is 14.8 Å². The van der Waals surface area contributed by atoms with Crippen LogP contribution in [0.1, 0.15) is 16.8 Å². The molecule has 0 aliphatic carbocycles. The number of anilines is 1. The van der Waals surface area contributed by atoms with E-state index < -0.39 is 0 Å². The Kier molecular flexibility index (Phi) is 4.83. The SMILES string of the molecule is Cc1cccc(N2CCN(C(=O)Cc3c(C)[nH]c4ccc(Cl)cc34)CC2)c1. The van der Waals surface area contributed by atoms with Crippen molar-refractivity contribution < 1.29 is 4.79 Å². The molecule has 140 valence electrons. The van der Waals surface area contributed by atoms with Crippen molar-refractivity contribution >= 4 is 34.1 Å². The highest BCUT2D eigenvalue weighted by molar-refractivity contribution is 6.31. The van der Waals surface area contributed by atoms with E-state index in [4.69, 9.17) is 11.6 Å². The standard InChI is InChI=1S/C22H24ClN3O/c1-15-4-3-5-18(12-15)25-8-10-26(11-9-25)22(27)14-19-16(2)24-21-7-6-17(23)13-20(19)21/h3-7,12-13,24H,8-11,14H2,1-2H3. The largest absolute Gasteiger partial charge is 0.368 e. The molecule has 5 heteroatoms. The molecular formula is C22H24ClN3O. The number of piperazine rings is 1. The number of rotatable bonds is 3. The molecule has 1 aromatic heterocycles.